The molecule has 0 radical (unpaired) electrons. The predicted molar refractivity (Wildman–Crippen MR) is 69.2 cm³/mol. The van der Waals surface area contributed by atoms with E-state index in [0.29, 0.717) is 11.8 Å². The van der Waals surface area contributed by atoms with Crippen LogP contribution >= 0.6 is 0 Å². The number of benzene rings is 2. The number of hydrogen-bond donors (Lipinski definition) is 0. The molecule has 86 valence electrons. The normalized spacial score (nSPS) is 22.1. The van der Waals surface area contributed by atoms with Gasteiger partial charge in [-0.1, -0.05) is 48.5 Å². The van der Waals surface area contributed by atoms with Crippen LogP contribution in [0.3, 0.4) is 0 Å². The molecule has 1 aliphatic carbocycles. The van der Waals surface area contributed by atoms with Crippen molar-refractivity contribution in [1.29, 1.82) is 0 Å². The highest BCUT2D eigenvalue weighted by Crippen LogP contribution is 2.47. The quantitative estimate of drug-likeness (QED) is 0.766. The van der Waals surface area contributed by atoms with Gasteiger partial charge in [-0.2, -0.15) is 0 Å². The molecule has 0 bridgehead atoms. The van der Waals surface area contributed by atoms with Crippen molar-refractivity contribution in [2.75, 3.05) is 6.61 Å². The minimum atomic E-state index is 0.692. The van der Waals surface area contributed by atoms with E-state index in [9.17, 15) is 0 Å². The number of ether oxygens (including phenoxy) is 1. The van der Waals surface area contributed by atoms with E-state index in [1.807, 2.05) is 30.3 Å². The summed E-state index contributed by atoms with van der Waals surface area (Å²) >= 11 is 0. The standard InChI is InChI=1S/C16H16O/c1-3-7-13(8-4-1)16-11-14(16)12-17-15-9-5-2-6-10-15/h1-10,14,16H,11-12H2/t14-,16-/m1/s1. The Labute approximate surface area is 102 Å². The topological polar surface area (TPSA) is 9.23 Å². The molecule has 0 spiro atoms. The van der Waals surface area contributed by atoms with Crippen molar-refractivity contribution in [2.24, 2.45) is 5.92 Å². The van der Waals surface area contributed by atoms with Crippen molar-refractivity contribution >= 4 is 0 Å². The van der Waals surface area contributed by atoms with Gasteiger partial charge in [-0.15, -0.1) is 0 Å². The monoisotopic (exact) mass is 224 g/mol. The Morgan fingerprint density at radius 2 is 1.53 bits per heavy atom. The summed E-state index contributed by atoms with van der Waals surface area (Å²) in [5.41, 5.74) is 1.45. The first-order valence-electron chi connectivity index (χ1n) is 6.16. The van der Waals surface area contributed by atoms with Crippen LogP contribution in [0.5, 0.6) is 5.75 Å². The zero-order valence-corrected chi connectivity index (χ0v) is 9.75. The minimum Gasteiger partial charge on any atom is -0.493 e. The van der Waals surface area contributed by atoms with Gasteiger partial charge in [-0.3, -0.25) is 0 Å². The average molecular weight is 224 g/mol. The van der Waals surface area contributed by atoms with Crippen LogP contribution in [0.15, 0.2) is 60.7 Å². The number of para-hydroxylation sites is 1. The molecule has 0 amide bonds. The lowest BCUT2D eigenvalue weighted by Gasteiger charge is -2.05. The molecule has 1 fully saturated rings. The molecule has 1 aliphatic rings. The van der Waals surface area contributed by atoms with Crippen molar-refractivity contribution in [3.63, 3.8) is 0 Å². The summed E-state index contributed by atoms with van der Waals surface area (Å²) in [7, 11) is 0. The fourth-order valence-corrected chi connectivity index (χ4v) is 2.26. The van der Waals surface area contributed by atoms with Gasteiger partial charge in [0.25, 0.3) is 0 Å². The van der Waals surface area contributed by atoms with Crippen molar-refractivity contribution in [3.05, 3.63) is 66.2 Å². The maximum absolute atomic E-state index is 5.78. The zero-order chi connectivity index (χ0) is 11.5. The summed E-state index contributed by atoms with van der Waals surface area (Å²) in [4.78, 5) is 0. The number of hydrogen-bond acceptors (Lipinski definition) is 1. The lowest BCUT2D eigenvalue weighted by molar-refractivity contribution is 0.297. The maximum atomic E-state index is 5.78. The van der Waals surface area contributed by atoms with E-state index in [0.717, 1.165) is 12.4 Å². The van der Waals surface area contributed by atoms with Gasteiger partial charge in [0.15, 0.2) is 0 Å². The summed E-state index contributed by atoms with van der Waals surface area (Å²) in [5.74, 6) is 2.38. The van der Waals surface area contributed by atoms with Gasteiger partial charge in [0.1, 0.15) is 5.75 Å². The second kappa shape index (κ2) is 4.62. The van der Waals surface area contributed by atoms with Crippen LogP contribution in [0.25, 0.3) is 0 Å². The van der Waals surface area contributed by atoms with Gasteiger partial charge in [0.2, 0.25) is 0 Å². The molecule has 1 saturated carbocycles. The average Bonchev–Trinajstić information content (AvgIpc) is 3.18. The largest absolute Gasteiger partial charge is 0.493 e. The molecule has 17 heavy (non-hydrogen) atoms. The minimum absolute atomic E-state index is 0.692. The van der Waals surface area contributed by atoms with Gasteiger partial charge >= 0.3 is 0 Å². The maximum Gasteiger partial charge on any atom is 0.119 e. The summed E-state index contributed by atoms with van der Waals surface area (Å²) < 4.78 is 5.78. The van der Waals surface area contributed by atoms with Crippen LogP contribution < -0.4 is 4.74 Å². The Morgan fingerprint density at radius 1 is 0.882 bits per heavy atom. The SMILES string of the molecule is c1ccc(OC[C@H]2C[C@@H]2c2ccccc2)cc1. The van der Waals surface area contributed by atoms with Gasteiger partial charge < -0.3 is 4.74 Å². The van der Waals surface area contributed by atoms with Crippen LogP contribution in [-0.2, 0) is 0 Å². The highest BCUT2D eigenvalue weighted by molar-refractivity contribution is 5.26. The van der Waals surface area contributed by atoms with Gasteiger partial charge in [-0.05, 0) is 30.0 Å². The third-order valence-corrected chi connectivity index (χ3v) is 3.36. The van der Waals surface area contributed by atoms with Crippen LogP contribution in [0.1, 0.15) is 17.9 Å². The summed E-state index contributed by atoms with van der Waals surface area (Å²) in [6, 6.07) is 20.8. The highest BCUT2D eigenvalue weighted by Gasteiger charge is 2.38. The van der Waals surface area contributed by atoms with Gasteiger partial charge in [-0.25, -0.2) is 0 Å². The molecule has 1 nitrogen and oxygen atoms in total. The molecule has 0 aliphatic heterocycles. The van der Waals surface area contributed by atoms with Gasteiger partial charge in [0.05, 0.1) is 6.61 Å². The van der Waals surface area contributed by atoms with E-state index in [1.54, 1.807) is 0 Å². The van der Waals surface area contributed by atoms with Crippen LogP contribution in [0.2, 0.25) is 0 Å². The Hall–Kier alpha value is -1.76. The first-order chi connectivity index (χ1) is 8.43. The molecule has 2 atom stereocenters. The summed E-state index contributed by atoms with van der Waals surface area (Å²) in [5, 5.41) is 0. The zero-order valence-electron chi connectivity index (χ0n) is 9.75. The predicted octanol–water partition coefficient (Wildman–Crippen LogP) is 3.87. The summed E-state index contributed by atoms with van der Waals surface area (Å²) in [6.45, 7) is 0.837. The molecule has 1 heteroatoms. The van der Waals surface area contributed by atoms with Crippen LogP contribution in [0.4, 0.5) is 0 Å². The molecule has 0 unspecified atom stereocenters. The molecule has 2 aromatic carbocycles. The first kappa shape index (κ1) is 10.4. The van der Waals surface area contributed by atoms with E-state index in [-0.39, 0.29) is 0 Å². The summed E-state index contributed by atoms with van der Waals surface area (Å²) in [6.07, 6.45) is 1.26. The Balaban J connectivity index is 1.53. The Morgan fingerprint density at radius 3 is 2.24 bits per heavy atom. The van der Waals surface area contributed by atoms with Gasteiger partial charge in [0, 0.05) is 5.92 Å². The van der Waals surface area contributed by atoms with Crippen LogP contribution in [-0.4, -0.2) is 6.61 Å². The smallest absolute Gasteiger partial charge is 0.119 e. The third kappa shape index (κ3) is 2.50. The van der Waals surface area contributed by atoms with E-state index in [4.69, 9.17) is 4.74 Å². The third-order valence-electron chi connectivity index (χ3n) is 3.36. The van der Waals surface area contributed by atoms with Crippen molar-refractivity contribution in [3.8, 4) is 5.75 Å². The highest BCUT2D eigenvalue weighted by atomic mass is 16.5. The fourth-order valence-electron chi connectivity index (χ4n) is 2.26. The van der Waals surface area contributed by atoms with E-state index in [2.05, 4.69) is 30.3 Å². The van der Waals surface area contributed by atoms with Crippen molar-refractivity contribution in [2.45, 2.75) is 12.3 Å². The molecular formula is C16H16O. The molecule has 3 rings (SSSR count). The van der Waals surface area contributed by atoms with E-state index < -0.39 is 0 Å². The molecule has 0 N–H and O–H groups in total. The van der Waals surface area contributed by atoms with E-state index in [1.165, 1.54) is 12.0 Å². The second-order valence-corrected chi connectivity index (χ2v) is 4.64. The molecule has 0 aromatic heterocycles. The van der Waals surface area contributed by atoms with Crippen LogP contribution in [0, 0.1) is 5.92 Å². The lowest BCUT2D eigenvalue weighted by Crippen LogP contribution is -2.00. The molecule has 2 aromatic rings. The lowest BCUT2D eigenvalue weighted by atomic mass is 10.1. The first-order valence-corrected chi connectivity index (χ1v) is 6.16. The molecule has 0 saturated heterocycles. The van der Waals surface area contributed by atoms with E-state index >= 15 is 0 Å². The van der Waals surface area contributed by atoms with Crippen molar-refractivity contribution in [1.82, 2.24) is 0 Å². The number of rotatable bonds is 4. The molecule has 0 heterocycles. The fraction of sp³-hybridized carbons (Fsp3) is 0.250. The Kier molecular flexibility index (Phi) is 2.83. The molecular weight excluding hydrogens is 208 g/mol. The Bertz CT molecular complexity index is 463. The second-order valence-electron chi connectivity index (χ2n) is 4.64. The van der Waals surface area contributed by atoms with Crippen molar-refractivity contribution < 1.29 is 4.74 Å².